The van der Waals surface area contributed by atoms with Gasteiger partial charge in [-0.25, -0.2) is 4.98 Å². The maximum absolute atomic E-state index is 9.15. The van der Waals surface area contributed by atoms with E-state index < -0.39 is 0 Å². The van der Waals surface area contributed by atoms with E-state index in [1.165, 1.54) is 10.1 Å². The van der Waals surface area contributed by atoms with Crippen LogP contribution in [0.5, 0.6) is 0 Å². The minimum absolute atomic E-state index is 0.0938. The molecule has 0 unspecified atom stereocenters. The van der Waals surface area contributed by atoms with Crippen LogP contribution < -0.4 is 0 Å². The number of nitrogens with zero attached hydrogens (tertiary/aromatic N) is 2. The molecule has 0 spiro atoms. The van der Waals surface area contributed by atoms with Gasteiger partial charge in [0.25, 0.3) is 0 Å². The van der Waals surface area contributed by atoms with E-state index in [9.17, 15) is 0 Å². The molecule has 122 valence electrons. The Labute approximate surface area is 147 Å². The summed E-state index contributed by atoms with van der Waals surface area (Å²) in [6.45, 7) is -0.0938. The Kier molecular flexibility index (Phi) is 3.23. The van der Waals surface area contributed by atoms with Gasteiger partial charge >= 0.3 is 0 Å². The van der Waals surface area contributed by atoms with Crippen molar-refractivity contribution in [1.29, 1.82) is 0 Å². The fourth-order valence-electron chi connectivity index (χ4n) is 2.98. The summed E-state index contributed by atoms with van der Waals surface area (Å²) >= 11 is 1.75. The van der Waals surface area contributed by atoms with Gasteiger partial charge in [-0.3, -0.25) is 0 Å². The molecule has 0 aliphatic carbocycles. The molecule has 0 saturated carbocycles. The molecule has 4 nitrogen and oxygen atoms in total. The highest BCUT2D eigenvalue weighted by atomic mass is 32.1. The fraction of sp³-hybridized carbons (Fsp3) is 0.0500. The highest BCUT2D eigenvalue weighted by Gasteiger charge is 2.10. The lowest BCUT2D eigenvalue weighted by Crippen LogP contribution is -1.84. The quantitative estimate of drug-likeness (QED) is 0.502. The van der Waals surface area contributed by atoms with Crippen LogP contribution in [0.2, 0.25) is 0 Å². The van der Waals surface area contributed by atoms with Crippen molar-refractivity contribution in [2.75, 3.05) is 0 Å². The monoisotopic (exact) mass is 346 g/mol. The van der Waals surface area contributed by atoms with Gasteiger partial charge < -0.3 is 13.9 Å². The van der Waals surface area contributed by atoms with Gasteiger partial charge in [-0.1, -0.05) is 18.2 Å². The molecule has 4 aromatic heterocycles. The largest absolute Gasteiger partial charge is 0.459 e. The van der Waals surface area contributed by atoms with Gasteiger partial charge in [0.15, 0.2) is 0 Å². The number of aliphatic hydroxyl groups is 1. The summed E-state index contributed by atoms with van der Waals surface area (Å²) in [5, 5.41) is 10.4. The molecule has 0 aliphatic rings. The molecule has 4 heterocycles. The van der Waals surface area contributed by atoms with Crippen molar-refractivity contribution in [2.45, 2.75) is 6.61 Å². The van der Waals surface area contributed by atoms with Crippen molar-refractivity contribution < 1.29 is 9.52 Å². The van der Waals surface area contributed by atoms with E-state index in [0.717, 1.165) is 27.5 Å². The Morgan fingerprint density at radius 1 is 1.04 bits per heavy atom. The summed E-state index contributed by atoms with van der Waals surface area (Å²) in [5.41, 5.74) is 2.81. The second-order valence-corrected chi connectivity index (χ2v) is 6.97. The van der Waals surface area contributed by atoms with Crippen LogP contribution in [0.4, 0.5) is 0 Å². The molecule has 1 aromatic carbocycles. The molecule has 5 aromatic rings. The normalized spacial score (nSPS) is 11.6. The predicted octanol–water partition coefficient (Wildman–Crippen LogP) is 4.97. The van der Waals surface area contributed by atoms with Crippen LogP contribution in [0.1, 0.15) is 5.76 Å². The Morgan fingerprint density at radius 3 is 2.80 bits per heavy atom. The molecular formula is C20H14N2O2S. The number of hydrogen-bond donors (Lipinski definition) is 1. The number of rotatable bonds is 3. The van der Waals surface area contributed by atoms with E-state index in [2.05, 4.69) is 30.3 Å². The topological polar surface area (TPSA) is 50.7 Å². The van der Waals surface area contributed by atoms with Gasteiger partial charge in [0.2, 0.25) is 0 Å². The molecule has 5 heteroatoms. The third-order valence-corrected chi connectivity index (χ3v) is 5.37. The zero-order valence-corrected chi connectivity index (χ0v) is 14.0. The first kappa shape index (κ1) is 14.5. The zero-order chi connectivity index (χ0) is 16.8. The number of fused-ring (bicyclic) bond motifs is 2. The van der Waals surface area contributed by atoms with Gasteiger partial charge in [0.1, 0.15) is 23.8 Å². The van der Waals surface area contributed by atoms with E-state index >= 15 is 0 Å². The summed E-state index contributed by atoms with van der Waals surface area (Å²) in [6, 6.07) is 18.2. The van der Waals surface area contributed by atoms with E-state index in [4.69, 9.17) is 14.5 Å². The van der Waals surface area contributed by atoms with Crippen LogP contribution in [0.15, 0.2) is 71.4 Å². The lowest BCUT2D eigenvalue weighted by Gasteiger charge is -1.98. The van der Waals surface area contributed by atoms with E-state index in [0.29, 0.717) is 5.76 Å². The first-order valence-electron chi connectivity index (χ1n) is 7.98. The van der Waals surface area contributed by atoms with Crippen LogP contribution in [0.3, 0.4) is 0 Å². The van der Waals surface area contributed by atoms with Crippen molar-refractivity contribution in [3.63, 3.8) is 0 Å². The third-order valence-electron chi connectivity index (χ3n) is 4.23. The fourth-order valence-corrected chi connectivity index (χ4v) is 4.00. The van der Waals surface area contributed by atoms with Crippen molar-refractivity contribution in [1.82, 2.24) is 9.38 Å². The Bertz CT molecular complexity index is 1170. The Morgan fingerprint density at radius 2 is 1.96 bits per heavy atom. The van der Waals surface area contributed by atoms with Crippen molar-refractivity contribution in [3.05, 3.63) is 72.8 Å². The highest BCUT2D eigenvalue weighted by molar-refractivity contribution is 7.22. The zero-order valence-electron chi connectivity index (χ0n) is 13.2. The average molecular weight is 346 g/mol. The predicted molar refractivity (Wildman–Crippen MR) is 99.6 cm³/mol. The van der Waals surface area contributed by atoms with Gasteiger partial charge in [-0.2, -0.15) is 0 Å². The van der Waals surface area contributed by atoms with E-state index in [-0.39, 0.29) is 6.61 Å². The van der Waals surface area contributed by atoms with E-state index in [1.54, 1.807) is 17.4 Å². The number of imidazole rings is 1. The smallest absolute Gasteiger partial charge is 0.137 e. The minimum Gasteiger partial charge on any atom is -0.459 e. The number of furan rings is 1. The molecule has 0 atom stereocenters. The number of pyridine rings is 1. The first-order chi connectivity index (χ1) is 12.3. The second kappa shape index (κ2) is 5.58. The Balaban J connectivity index is 1.59. The minimum atomic E-state index is -0.0938. The Hall–Kier alpha value is -2.89. The van der Waals surface area contributed by atoms with Crippen LogP contribution in [-0.4, -0.2) is 14.5 Å². The molecule has 1 N–H and O–H groups in total. The van der Waals surface area contributed by atoms with Gasteiger partial charge in [0, 0.05) is 22.7 Å². The highest BCUT2D eigenvalue weighted by Crippen LogP contribution is 2.33. The summed E-state index contributed by atoms with van der Waals surface area (Å²) in [4.78, 5) is 5.90. The lowest BCUT2D eigenvalue weighted by molar-refractivity contribution is 0.248. The summed E-state index contributed by atoms with van der Waals surface area (Å²) < 4.78 is 8.89. The summed E-state index contributed by atoms with van der Waals surface area (Å²) in [5.74, 6) is 1.30. The number of thiophene rings is 1. The van der Waals surface area contributed by atoms with Gasteiger partial charge in [-0.05, 0) is 41.8 Å². The molecule has 0 fully saturated rings. The maximum Gasteiger partial charge on any atom is 0.137 e. The van der Waals surface area contributed by atoms with Crippen LogP contribution >= 0.6 is 11.3 Å². The molecule has 5 rings (SSSR count). The molecule has 0 bridgehead atoms. The molecule has 0 amide bonds. The molecular weight excluding hydrogens is 332 g/mol. The molecule has 0 aliphatic heterocycles. The van der Waals surface area contributed by atoms with Crippen LogP contribution in [0.25, 0.3) is 37.6 Å². The second-order valence-electron chi connectivity index (χ2n) is 5.88. The van der Waals surface area contributed by atoms with Gasteiger partial charge in [-0.15, -0.1) is 11.3 Å². The van der Waals surface area contributed by atoms with Crippen molar-refractivity contribution >= 4 is 27.1 Å². The first-order valence-corrected chi connectivity index (χ1v) is 8.79. The van der Waals surface area contributed by atoms with Crippen molar-refractivity contribution in [2.24, 2.45) is 0 Å². The third kappa shape index (κ3) is 2.45. The lowest BCUT2D eigenvalue weighted by atomic mass is 10.2. The summed E-state index contributed by atoms with van der Waals surface area (Å²) in [7, 11) is 0. The standard InChI is InChI=1S/C20H14N2O2S/c23-12-15-6-7-17(24-15)14-5-8-20-21-16(11-22(20)10-14)19-9-13-3-1-2-4-18(13)25-19/h1-11,23H,12H2. The molecule has 0 radical (unpaired) electrons. The molecule has 0 saturated heterocycles. The number of aromatic nitrogens is 2. The van der Waals surface area contributed by atoms with Gasteiger partial charge in [0.05, 0.1) is 10.6 Å². The average Bonchev–Trinajstić information content (AvgIpc) is 3.36. The van der Waals surface area contributed by atoms with E-state index in [1.807, 2.05) is 35.0 Å². The van der Waals surface area contributed by atoms with Crippen molar-refractivity contribution in [3.8, 4) is 21.9 Å². The SMILES string of the molecule is OCc1ccc(-c2ccc3nc(-c4cc5ccccc5s4)cn3c2)o1. The van der Waals surface area contributed by atoms with Crippen LogP contribution in [0, 0.1) is 0 Å². The summed E-state index contributed by atoms with van der Waals surface area (Å²) in [6.07, 6.45) is 4.04. The number of benzene rings is 1. The molecule has 25 heavy (non-hydrogen) atoms. The maximum atomic E-state index is 9.15. The number of hydrogen-bond acceptors (Lipinski definition) is 4. The number of aliphatic hydroxyl groups excluding tert-OH is 1. The van der Waals surface area contributed by atoms with Crippen LogP contribution in [-0.2, 0) is 6.61 Å².